The van der Waals surface area contributed by atoms with Crippen molar-refractivity contribution in [2.45, 2.75) is 19.9 Å². The lowest BCUT2D eigenvalue weighted by atomic mass is 10.2. The first-order chi connectivity index (χ1) is 8.04. The first-order valence-electron chi connectivity index (χ1n) is 5.21. The molecule has 1 atom stereocenters. The summed E-state index contributed by atoms with van der Waals surface area (Å²) >= 11 is 13.4. The zero-order valence-electron chi connectivity index (χ0n) is 9.80. The molecule has 2 aromatic heterocycles. The highest BCUT2D eigenvalue weighted by Gasteiger charge is 2.20. The largest absolute Gasteiger partial charge is 0.308 e. The molecule has 0 aliphatic heterocycles. The van der Waals surface area contributed by atoms with Crippen LogP contribution in [0.15, 0.2) is 15.9 Å². The molecule has 17 heavy (non-hydrogen) atoms. The smallest absolute Gasteiger partial charge is 0.0778 e. The summed E-state index contributed by atoms with van der Waals surface area (Å²) in [5.41, 5.74) is 1.15. The first kappa shape index (κ1) is 13.6. The van der Waals surface area contributed by atoms with Gasteiger partial charge >= 0.3 is 0 Å². The molecule has 0 aliphatic rings. The molecule has 0 bridgehead atoms. The van der Waals surface area contributed by atoms with Crippen molar-refractivity contribution in [1.29, 1.82) is 0 Å². The number of nitrogens with one attached hydrogen (secondary N) is 1. The van der Waals surface area contributed by atoms with Crippen molar-refractivity contribution in [1.82, 2.24) is 5.32 Å². The van der Waals surface area contributed by atoms with Crippen molar-refractivity contribution in [3.63, 3.8) is 0 Å². The van der Waals surface area contributed by atoms with E-state index >= 15 is 0 Å². The highest BCUT2D eigenvalue weighted by molar-refractivity contribution is 9.10. The summed E-state index contributed by atoms with van der Waals surface area (Å²) in [7, 11) is 1.97. The fourth-order valence-corrected chi connectivity index (χ4v) is 4.86. The van der Waals surface area contributed by atoms with Crippen LogP contribution in [0.4, 0.5) is 0 Å². The van der Waals surface area contributed by atoms with Crippen LogP contribution in [0.5, 0.6) is 0 Å². The van der Waals surface area contributed by atoms with Crippen LogP contribution in [0, 0.1) is 13.8 Å². The van der Waals surface area contributed by atoms with E-state index in [0.717, 1.165) is 10.6 Å². The number of hydrogen-bond acceptors (Lipinski definition) is 3. The summed E-state index contributed by atoms with van der Waals surface area (Å²) in [6, 6.07) is 2.36. The minimum Gasteiger partial charge on any atom is -0.308 e. The summed E-state index contributed by atoms with van der Waals surface area (Å²) < 4.78 is 1.17. The molecule has 2 heterocycles. The third-order valence-corrected chi connectivity index (χ3v) is 6.62. The quantitative estimate of drug-likeness (QED) is 0.807. The number of rotatable bonds is 3. The second-order valence-electron chi connectivity index (χ2n) is 3.87. The molecule has 0 saturated heterocycles. The third kappa shape index (κ3) is 2.61. The normalized spacial score (nSPS) is 13.0. The highest BCUT2D eigenvalue weighted by Crippen LogP contribution is 2.39. The topological polar surface area (TPSA) is 12.0 Å². The average Bonchev–Trinajstić information content (AvgIpc) is 2.78. The van der Waals surface area contributed by atoms with E-state index in [-0.39, 0.29) is 6.04 Å². The Morgan fingerprint density at radius 1 is 1.41 bits per heavy atom. The lowest BCUT2D eigenvalue weighted by Crippen LogP contribution is -2.15. The van der Waals surface area contributed by atoms with Gasteiger partial charge in [-0.2, -0.15) is 0 Å². The van der Waals surface area contributed by atoms with Gasteiger partial charge in [0.25, 0.3) is 0 Å². The molecule has 92 valence electrons. The predicted octanol–water partition coefficient (Wildman–Crippen LogP) is 5.15. The Bertz CT molecular complexity index is 513. The second-order valence-corrected chi connectivity index (χ2v) is 7.30. The van der Waals surface area contributed by atoms with Gasteiger partial charge in [-0.05, 0) is 53.8 Å². The maximum absolute atomic E-state index is 6.34. The molecule has 0 radical (unpaired) electrons. The lowest BCUT2D eigenvalue weighted by molar-refractivity contribution is 0.716. The lowest BCUT2D eigenvalue weighted by Gasteiger charge is -2.13. The molecule has 2 aromatic rings. The van der Waals surface area contributed by atoms with E-state index in [2.05, 4.69) is 39.6 Å². The van der Waals surface area contributed by atoms with Crippen LogP contribution in [-0.2, 0) is 0 Å². The average molecular weight is 351 g/mol. The van der Waals surface area contributed by atoms with Crippen LogP contribution in [0.25, 0.3) is 0 Å². The molecular weight excluding hydrogens is 338 g/mol. The molecule has 2 rings (SSSR count). The maximum Gasteiger partial charge on any atom is 0.0778 e. The fourth-order valence-electron chi connectivity index (χ4n) is 1.67. The Balaban J connectivity index is 2.43. The minimum atomic E-state index is 0.191. The molecule has 0 amide bonds. The molecule has 0 saturated carbocycles. The van der Waals surface area contributed by atoms with E-state index in [1.54, 1.807) is 22.7 Å². The monoisotopic (exact) mass is 349 g/mol. The summed E-state index contributed by atoms with van der Waals surface area (Å²) in [5.74, 6) is 0. The van der Waals surface area contributed by atoms with Crippen molar-refractivity contribution in [2.24, 2.45) is 0 Å². The molecule has 1 unspecified atom stereocenters. The van der Waals surface area contributed by atoms with Gasteiger partial charge < -0.3 is 5.32 Å². The van der Waals surface area contributed by atoms with Crippen LogP contribution in [0.3, 0.4) is 0 Å². The zero-order valence-corrected chi connectivity index (χ0v) is 13.8. The Labute approximate surface area is 123 Å². The zero-order chi connectivity index (χ0) is 12.6. The maximum atomic E-state index is 6.34. The van der Waals surface area contributed by atoms with Gasteiger partial charge in [-0.1, -0.05) is 11.6 Å². The summed E-state index contributed by atoms with van der Waals surface area (Å²) in [6.45, 7) is 4.16. The Morgan fingerprint density at radius 3 is 2.53 bits per heavy atom. The molecule has 0 spiro atoms. The van der Waals surface area contributed by atoms with Gasteiger partial charge in [0.1, 0.15) is 0 Å². The molecule has 1 N–H and O–H groups in total. The standard InChI is InChI=1S/C12H13BrClNS2/c1-6-5-16-12(10(6)14)11(15-3)9-4-8(13)7(2)17-9/h4-5,11,15H,1-3H3. The first-order valence-corrected chi connectivity index (χ1v) is 8.08. The fraction of sp³-hybridized carbons (Fsp3) is 0.333. The Kier molecular flexibility index (Phi) is 4.31. The van der Waals surface area contributed by atoms with Crippen LogP contribution in [-0.4, -0.2) is 7.05 Å². The summed E-state index contributed by atoms with van der Waals surface area (Å²) in [5, 5.41) is 6.34. The van der Waals surface area contributed by atoms with Crippen molar-refractivity contribution >= 4 is 50.2 Å². The van der Waals surface area contributed by atoms with E-state index in [4.69, 9.17) is 11.6 Å². The van der Waals surface area contributed by atoms with E-state index in [1.807, 2.05) is 14.0 Å². The minimum absolute atomic E-state index is 0.191. The van der Waals surface area contributed by atoms with Gasteiger partial charge in [-0.15, -0.1) is 22.7 Å². The van der Waals surface area contributed by atoms with Crippen molar-refractivity contribution in [3.05, 3.63) is 41.1 Å². The second kappa shape index (κ2) is 5.41. The molecule has 0 aliphatic carbocycles. The number of aryl methyl sites for hydroxylation is 2. The Hall–Kier alpha value is 0.130. The molecule has 1 nitrogen and oxygen atoms in total. The predicted molar refractivity (Wildman–Crippen MR) is 81.7 cm³/mol. The van der Waals surface area contributed by atoms with Crippen molar-refractivity contribution in [2.75, 3.05) is 7.05 Å². The summed E-state index contributed by atoms with van der Waals surface area (Å²) in [6.07, 6.45) is 0. The van der Waals surface area contributed by atoms with Crippen molar-refractivity contribution < 1.29 is 0 Å². The molecule has 0 aromatic carbocycles. The van der Waals surface area contributed by atoms with Gasteiger partial charge in [0.2, 0.25) is 0 Å². The van der Waals surface area contributed by atoms with Crippen LogP contribution in [0.1, 0.15) is 26.2 Å². The number of thiophene rings is 2. The van der Waals surface area contributed by atoms with Crippen LogP contribution >= 0.6 is 50.2 Å². The number of halogens is 2. The Morgan fingerprint density at radius 2 is 2.12 bits per heavy atom. The van der Waals surface area contributed by atoms with E-state index in [0.29, 0.717) is 0 Å². The molecular formula is C12H13BrClNS2. The third-order valence-electron chi connectivity index (χ3n) is 2.64. The SMILES string of the molecule is CNC(c1cc(Br)c(C)s1)c1scc(C)c1Cl. The highest BCUT2D eigenvalue weighted by atomic mass is 79.9. The van der Waals surface area contributed by atoms with Gasteiger partial charge in [0.15, 0.2) is 0 Å². The van der Waals surface area contributed by atoms with E-state index < -0.39 is 0 Å². The molecule has 5 heteroatoms. The van der Waals surface area contributed by atoms with Crippen LogP contribution in [0.2, 0.25) is 5.02 Å². The van der Waals surface area contributed by atoms with Gasteiger partial charge in [-0.3, -0.25) is 0 Å². The van der Waals surface area contributed by atoms with E-state index in [1.165, 1.54) is 19.1 Å². The van der Waals surface area contributed by atoms with Gasteiger partial charge in [0, 0.05) is 19.1 Å². The van der Waals surface area contributed by atoms with Gasteiger partial charge in [-0.25, -0.2) is 0 Å². The van der Waals surface area contributed by atoms with Crippen molar-refractivity contribution in [3.8, 4) is 0 Å². The summed E-state index contributed by atoms with van der Waals surface area (Å²) in [4.78, 5) is 3.78. The molecule has 0 fully saturated rings. The van der Waals surface area contributed by atoms with E-state index in [9.17, 15) is 0 Å². The number of hydrogen-bond donors (Lipinski definition) is 1. The van der Waals surface area contributed by atoms with Crippen LogP contribution < -0.4 is 5.32 Å². The van der Waals surface area contributed by atoms with Gasteiger partial charge in [0.05, 0.1) is 11.1 Å².